The van der Waals surface area contributed by atoms with Gasteiger partial charge in [-0.1, -0.05) is 19.4 Å². The van der Waals surface area contributed by atoms with Crippen LogP contribution >= 0.6 is 27.7 Å². The van der Waals surface area contributed by atoms with Crippen molar-refractivity contribution >= 4 is 37.7 Å². The normalized spacial score (nSPS) is 17.6. The first-order valence-electron chi connectivity index (χ1n) is 9.17. The van der Waals surface area contributed by atoms with Crippen LogP contribution in [0.15, 0.2) is 51.8 Å². The largest absolute Gasteiger partial charge is 0.496 e. The summed E-state index contributed by atoms with van der Waals surface area (Å²) in [5.41, 5.74) is 0.929. The quantitative estimate of drug-likeness (QED) is 0.488. The van der Waals surface area contributed by atoms with Crippen LogP contribution in [0.25, 0.3) is 0 Å². The van der Waals surface area contributed by atoms with Crippen LogP contribution in [0.5, 0.6) is 11.5 Å². The predicted octanol–water partition coefficient (Wildman–Crippen LogP) is 5.07. The van der Waals surface area contributed by atoms with Gasteiger partial charge in [0.25, 0.3) is 0 Å². The number of hydrogen-bond donors (Lipinski definition) is 0. The summed E-state index contributed by atoms with van der Waals surface area (Å²) in [4.78, 5) is 0.287. The van der Waals surface area contributed by atoms with Crippen molar-refractivity contribution in [2.24, 2.45) is 0 Å². The first kappa shape index (κ1) is 21.5. The summed E-state index contributed by atoms with van der Waals surface area (Å²) in [5.74, 6) is 2.17. The topological polar surface area (TPSA) is 55.8 Å². The van der Waals surface area contributed by atoms with Crippen molar-refractivity contribution in [1.29, 1.82) is 0 Å². The van der Waals surface area contributed by atoms with Crippen molar-refractivity contribution in [1.82, 2.24) is 4.31 Å². The Balaban J connectivity index is 1.81. The van der Waals surface area contributed by atoms with E-state index in [1.165, 1.54) is 0 Å². The number of halogens is 1. The summed E-state index contributed by atoms with van der Waals surface area (Å²) in [6.07, 6.45) is 2.03. The Hall–Kier alpha value is -1.22. The maximum atomic E-state index is 13.2. The Morgan fingerprint density at radius 1 is 1.21 bits per heavy atom. The average molecular weight is 486 g/mol. The van der Waals surface area contributed by atoms with Gasteiger partial charge in [-0.15, -0.1) is 11.8 Å². The van der Waals surface area contributed by atoms with E-state index in [0.717, 1.165) is 34.4 Å². The molecule has 0 saturated carbocycles. The molecule has 5 nitrogen and oxygen atoms in total. The molecule has 0 radical (unpaired) electrons. The zero-order chi connectivity index (χ0) is 20.1. The molecule has 1 aliphatic heterocycles. The molecule has 152 valence electrons. The van der Waals surface area contributed by atoms with E-state index < -0.39 is 10.0 Å². The molecule has 1 heterocycles. The molecule has 1 saturated heterocycles. The second-order valence-corrected chi connectivity index (χ2v) is 10.3. The van der Waals surface area contributed by atoms with Crippen molar-refractivity contribution in [2.45, 2.75) is 30.0 Å². The van der Waals surface area contributed by atoms with Crippen LogP contribution in [-0.2, 0) is 10.0 Å². The van der Waals surface area contributed by atoms with Gasteiger partial charge in [0.05, 0.1) is 28.5 Å². The minimum Gasteiger partial charge on any atom is -0.496 e. The molecule has 1 fully saturated rings. The fraction of sp³-hybridized carbons (Fsp3) is 0.400. The third kappa shape index (κ3) is 4.67. The Labute approximate surface area is 179 Å². The lowest BCUT2D eigenvalue weighted by atomic mass is 10.2. The first-order chi connectivity index (χ1) is 13.5. The summed E-state index contributed by atoms with van der Waals surface area (Å²) in [7, 11) is -1.99. The van der Waals surface area contributed by atoms with Crippen molar-refractivity contribution in [3.05, 3.63) is 52.5 Å². The van der Waals surface area contributed by atoms with Crippen molar-refractivity contribution in [2.75, 3.05) is 26.0 Å². The summed E-state index contributed by atoms with van der Waals surface area (Å²) < 4.78 is 39.8. The Morgan fingerprint density at radius 3 is 2.61 bits per heavy atom. The number of ether oxygens (including phenoxy) is 2. The molecule has 0 unspecified atom stereocenters. The second-order valence-electron chi connectivity index (χ2n) is 6.41. The van der Waals surface area contributed by atoms with Gasteiger partial charge in [0, 0.05) is 12.3 Å². The maximum absolute atomic E-state index is 13.2. The summed E-state index contributed by atoms with van der Waals surface area (Å²) >= 11 is 5.11. The van der Waals surface area contributed by atoms with Gasteiger partial charge in [-0.3, -0.25) is 0 Å². The molecule has 0 aliphatic carbocycles. The molecule has 1 atom stereocenters. The number of rotatable bonds is 8. The van der Waals surface area contributed by atoms with E-state index in [9.17, 15) is 8.42 Å². The molecule has 1 aliphatic rings. The van der Waals surface area contributed by atoms with Gasteiger partial charge in [0.1, 0.15) is 11.5 Å². The van der Waals surface area contributed by atoms with E-state index in [1.807, 2.05) is 18.2 Å². The van der Waals surface area contributed by atoms with E-state index in [4.69, 9.17) is 9.47 Å². The molecule has 0 N–H and O–H groups in total. The highest BCUT2D eigenvalue weighted by atomic mass is 79.9. The zero-order valence-corrected chi connectivity index (χ0v) is 19.1. The second kappa shape index (κ2) is 9.52. The molecule has 2 aromatic carbocycles. The van der Waals surface area contributed by atoms with E-state index in [1.54, 1.807) is 47.4 Å². The molecule has 0 bridgehead atoms. The third-order valence-electron chi connectivity index (χ3n) is 4.51. The number of unbranched alkanes of at least 4 members (excludes halogenated alkanes) is 1. The van der Waals surface area contributed by atoms with Crippen LogP contribution in [0.4, 0.5) is 0 Å². The maximum Gasteiger partial charge on any atom is 0.244 e. The number of thioether (sulfide) groups is 1. The van der Waals surface area contributed by atoms with Gasteiger partial charge < -0.3 is 9.47 Å². The fourth-order valence-corrected chi connectivity index (χ4v) is 6.77. The van der Waals surface area contributed by atoms with E-state index in [-0.39, 0.29) is 10.3 Å². The number of hydrogen-bond acceptors (Lipinski definition) is 5. The van der Waals surface area contributed by atoms with Gasteiger partial charge in [-0.25, -0.2) is 8.42 Å². The van der Waals surface area contributed by atoms with Crippen LogP contribution < -0.4 is 9.47 Å². The number of benzene rings is 2. The number of sulfonamides is 1. The van der Waals surface area contributed by atoms with Crippen LogP contribution in [-0.4, -0.2) is 38.7 Å². The van der Waals surface area contributed by atoms with Crippen LogP contribution in [0.3, 0.4) is 0 Å². The summed E-state index contributed by atoms with van der Waals surface area (Å²) in [5, 5.41) is -0.257. The van der Waals surface area contributed by atoms with Crippen LogP contribution in [0.1, 0.15) is 30.7 Å². The number of nitrogens with zero attached hydrogens (tertiary/aromatic N) is 1. The Kier molecular flexibility index (Phi) is 7.31. The van der Waals surface area contributed by atoms with Gasteiger partial charge >= 0.3 is 0 Å². The van der Waals surface area contributed by atoms with E-state index in [2.05, 4.69) is 22.9 Å². The lowest BCUT2D eigenvalue weighted by molar-refractivity contribution is 0.309. The standard InChI is InChI=1S/C20H24BrNO4S2/c1-3-4-12-26-16-6-8-17(9-7-16)28(23,24)22-11-13-27-20(22)15-5-10-19(25-2)18(21)14-15/h5-10,14,20H,3-4,11-13H2,1-2H3/t20-/m1/s1. The SMILES string of the molecule is CCCCOc1ccc(S(=O)(=O)N2CCS[C@@H]2c2ccc(OC)c(Br)c2)cc1. The minimum atomic E-state index is -3.60. The summed E-state index contributed by atoms with van der Waals surface area (Å²) in [6.45, 7) is 3.22. The van der Waals surface area contributed by atoms with Gasteiger partial charge in [-0.05, 0) is 64.3 Å². The molecule has 2 aromatic rings. The lowest BCUT2D eigenvalue weighted by Gasteiger charge is -2.24. The van der Waals surface area contributed by atoms with Crippen LogP contribution in [0, 0.1) is 0 Å². The molecule has 0 amide bonds. The first-order valence-corrected chi connectivity index (χ1v) is 12.4. The minimum absolute atomic E-state index is 0.257. The molecule has 0 aromatic heterocycles. The third-order valence-corrected chi connectivity index (χ3v) is 8.40. The summed E-state index contributed by atoms with van der Waals surface area (Å²) in [6, 6.07) is 12.4. The highest BCUT2D eigenvalue weighted by molar-refractivity contribution is 9.10. The van der Waals surface area contributed by atoms with Gasteiger partial charge in [-0.2, -0.15) is 4.31 Å². The molecular weight excluding hydrogens is 462 g/mol. The molecule has 28 heavy (non-hydrogen) atoms. The fourth-order valence-electron chi connectivity index (χ4n) is 2.98. The van der Waals surface area contributed by atoms with Crippen molar-refractivity contribution in [3.8, 4) is 11.5 Å². The molecule has 3 rings (SSSR count). The molecule has 0 spiro atoms. The molecule has 8 heteroatoms. The van der Waals surface area contributed by atoms with E-state index >= 15 is 0 Å². The van der Waals surface area contributed by atoms with Crippen molar-refractivity contribution < 1.29 is 17.9 Å². The highest BCUT2D eigenvalue weighted by Crippen LogP contribution is 2.43. The number of methoxy groups -OCH3 is 1. The Morgan fingerprint density at radius 2 is 1.96 bits per heavy atom. The zero-order valence-electron chi connectivity index (χ0n) is 15.9. The van der Waals surface area contributed by atoms with Crippen molar-refractivity contribution in [3.63, 3.8) is 0 Å². The monoisotopic (exact) mass is 485 g/mol. The van der Waals surface area contributed by atoms with E-state index in [0.29, 0.717) is 18.9 Å². The average Bonchev–Trinajstić information content (AvgIpc) is 3.19. The van der Waals surface area contributed by atoms with Gasteiger partial charge in [0.2, 0.25) is 10.0 Å². The Bertz CT molecular complexity index is 903. The highest BCUT2D eigenvalue weighted by Gasteiger charge is 2.37. The lowest BCUT2D eigenvalue weighted by Crippen LogP contribution is -2.30. The smallest absolute Gasteiger partial charge is 0.244 e. The predicted molar refractivity (Wildman–Crippen MR) is 117 cm³/mol. The van der Waals surface area contributed by atoms with Gasteiger partial charge in [0.15, 0.2) is 0 Å². The molecular formula is C20H24BrNO4S2. The van der Waals surface area contributed by atoms with Crippen LogP contribution in [0.2, 0.25) is 0 Å².